The number of nitrogens with one attached hydrogen (secondary N) is 1. The molecule has 1 aliphatic rings. The molecular weight excluding hydrogens is 371 g/mol. The average Bonchev–Trinajstić information content (AvgIpc) is 2.63. The van der Waals surface area contributed by atoms with Gasteiger partial charge >= 0.3 is 0 Å². The summed E-state index contributed by atoms with van der Waals surface area (Å²) in [5.74, 6) is 0.897. The molecule has 0 spiro atoms. The molecule has 1 heterocycles. The van der Waals surface area contributed by atoms with E-state index in [0.29, 0.717) is 21.4 Å². The highest BCUT2D eigenvalue weighted by molar-refractivity contribution is 6.37. The topological polar surface area (TPSA) is 41.6 Å². The molecule has 0 bridgehead atoms. The molecule has 0 saturated carbocycles. The molecule has 1 amide bonds. The lowest BCUT2D eigenvalue weighted by Crippen LogP contribution is -2.32. The third-order valence-electron chi connectivity index (χ3n) is 4.74. The van der Waals surface area contributed by atoms with E-state index in [0.717, 1.165) is 24.7 Å². The van der Waals surface area contributed by atoms with Gasteiger partial charge in [-0.05, 0) is 55.2 Å². The smallest absolute Gasteiger partial charge is 0.255 e. The third-order valence-corrected chi connectivity index (χ3v) is 5.30. The van der Waals surface area contributed by atoms with Crippen LogP contribution < -0.4 is 15.0 Å². The Morgan fingerprint density at radius 2 is 1.69 bits per heavy atom. The Bertz CT molecular complexity index is 762. The summed E-state index contributed by atoms with van der Waals surface area (Å²) in [6.07, 6.45) is 2.44. The Labute approximate surface area is 164 Å². The van der Waals surface area contributed by atoms with Gasteiger partial charge in [-0.15, -0.1) is 0 Å². The summed E-state index contributed by atoms with van der Waals surface area (Å²) < 4.78 is 5.11. The van der Waals surface area contributed by atoms with E-state index in [9.17, 15) is 4.79 Å². The SMILES string of the molecule is COc1c(Cl)cc(C(=O)Nc2ccc(N3CCC(C)CC3)cc2)cc1Cl. The number of halogens is 2. The van der Waals surface area contributed by atoms with Gasteiger partial charge in [0.25, 0.3) is 5.91 Å². The molecule has 0 aromatic heterocycles. The summed E-state index contributed by atoms with van der Waals surface area (Å²) in [6.45, 7) is 4.46. The predicted molar refractivity (Wildman–Crippen MR) is 108 cm³/mol. The molecule has 138 valence electrons. The summed E-state index contributed by atoms with van der Waals surface area (Å²) in [6, 6.07) is 11.0. The average molecular weight is 393 g/mol. The fourth-order valence-corrected chi connectivity index (χ4v) is 3.75. The summed E-state index contributed by atoms with van der Waals surface area (Å²) >= 11 is 12.2. The molecule has 1 fully saturated rings. The quantitative estimate of drug-likeness (QED) is 0.747. The Balaban J connectivity index is 1.68. The molecule has 4 nitrogen and oxygen atoms in total. The molecule has 0 unspecified atom stereocenters. The van der Waals surface area contributed by atoms with Crippen molar-refractivity contribution in [3.63, 3.8) is 0 Å². The maximum Gasteiger partial charge on any atom is 0.255 e. The second kappa shape index (κ2) is 8.19. The molecular formula is C20H22Cl2N2O2. The fraction of sp³-hybridized carbons (Fsp3) is 0.350. The van der Waals surface area contributed by atoms with Crippen molar-refractivity contribution >= 4 is 40.5 Å². The van der Waals surface area contributed by atoms with Crippen LogP contribution in [0.3, 0.4) is 0 Å². The van der Waals surface area contributed by atoms with Crippen LogP contribution in [0.15, 0.2) is 36.4 Å². The Morgan fingerprint density at radius 1 is 1.12 bits per heavy atom. The van der Waals surface area contributed by atoms with Crippen molar-refractivity contribution in [1.82, 2.24) is 0 Å². The number of hydrogen-bond donors (Lipinski definition) is 1. The second-order valence-electron chi connectivity index (χ2n) is 6.64. The number of carbonyl (C=O) groups is 1. The summed E-state index contributed by atoms with van der Waals surface area (Å²) in [5.41, 5.74) is 2.30. The van der Waals surface area contributed by atoms with Gasteiger partial charge in [-0.1, -0.05) is 30.1 Å². The van der Waals surface area contributed by atoms with Gasteiger partial charge in [0, 0.05) is 30.0 Å². The van der Waals surface area contributed by atoms with Crippen LogP contribution in [0, 0.1) is 5.92 Å². The third kappa shape index (κ3) is 4.25. The van der Waals surface area contributed by atoms with Crippen molar-refractivity contribution < 1.29 is 9.53 Å². The Hall–Kier alpha value is -1.91. The monoisotopic (exact) mass is 392 g/mol. The lowest BCUT2D eigenvalue weighted by Gasteiger charge is -2.32. The molecule has 2 aromatic rings. The summed E-state index contributed by atoms with van der Waals surface area (Å²) in [5, 5.41) is 3.48. The van der Waals surface area contributed by atoms with E-state index in [2.05, 4.69) is 17.1 Å². The number of ether oxygens (including phenoxy) is 1. The Kier molecular flexibility index (Phi) is 5.94. The molecule has 1 N–H and O–H groups in total. The van der Waals surface area contributed by atoms with Crippen molar-refractivity contribution in [2.24, 2.45) is 5.92 Å². The number of carbonyl (C=O) groups excluding carboxylic acids is 1. The van der Waals surface area contributed by atoms with E-state index in [1.807, 2.05) is 24.3 Å². The second-order valence-corrected chi connectivity index (χ2v) is 7.46. The molecule has 0 atom stereocenters. The first-order valence-corrected chi connectivity index (χ1v) is 9.43. The standard InChI is InChI=1S/C20H22Cl2N2O2/c1-13-7-9-24(10-8-13)16-5-3-15(4-6-16)23-20(25)14-11-17(21)19(26-2)18(22)12-14/h3-6,11-13H,7-10H2,1-2H3,(H,23,25). The summed E-state index contributed by atoms with van der Waals surface area (Å²) in [7, 11) is 1.48. The van der Waals surface area contributed by atoms with E-state index < -0.39 is 0 Å². The van der Waals surface area contributed by atoms with E-state index in [4.69, 9.17) is 27.9 Å². The molecule has 1 aliphatic heterocycles. The predicted octanol–water partition coefficient (Wildman–Crippen LogP) is 5.49. The zero-order chi connectivity index (χ0) is 18.7. The first-order chi connectivity index (χ1) is 12.5. The van der Waals surface area contributed by atoms with Crippen LogP contribution in [0.5, 0.6) is 5.75 Å². The number of amides is 1. The normalized spacial score (nSPS) is 15.0. The van der Waals surface area contributed by atoms with Crippen LogP contribution in [-0.2, 0) is 0 Å². The highest BCUT2D eigenvalue weighted by Gasteiger charge is 2.17. The van der Waals surface area contributed by atoms with Crippen molar-refractivity contribution in [1.29, 1.82) is 0 Å². The van der Waals surface area contributed by atoms with Gasteiger partial charge in [0.15, 0.2) is 5.75 Å². The highest BCUT2D eigenvalue weighted by atomic mass is 35.5. The summed E-state index contributed by atoms with van der Waals surface area (Å²) in [4.78, 5) is 14.8. The van der Waals surface area contributed by atoms with E-state index in [1.165, 1.54) is 25.6 Å². The minimum atomic E-state index is -0.268. The Morgan fingerprint density at radius 3 is 2.23 bits per heavy atom. The maximum atomic E-state index is 12.5. The van der Waals surface area contributed by atoms with Crippen LogP contribution in [0.1, 0.15) is 30.1 Å². The zero-order valence-electron chi connectivity index (χ0n) is 14.9. The van der Waals surface area contributed by atoms with Crippen molar-refractivity contribution in [3.05, 3.63) is 52.0 Å². The lowest BCUT2D eigenvalue weighted by atomic mass is 9.99. The van der Waals surface area contributed by atoms with Crippen LogP contribution in [-0.4, -0.2) is 26.1 Å². The molecule has 6 heteroatoms. The first kappa shape index (κ1) is 18.9. The molecule has 2 aromatic carbocycles. The lowest BCUT2D eigenvalue weighted by molar-refractivity contribution is 0.102. The van der Waals surface area contributed by atoms with Crippen LogP contribution in [0.4, 0.5) is 11.4 Å². The van der Waals surface area contributed by atoms with Crippen molar-refractivity contribution in [2.45, 2.75) is 19.8 Å². The molecule has 26 heavy (non-hydrogen) atoms. The molecule has 0 radical (unpaired) electrons. The van der Waals surface area contributed by atoms with Crippen molar-refractivity contribution in [3.8, 4) is 5.75 Å². The minimum Gasteiger partial charge on any atom is -0.494 e. The van der Waals surface area contributed by atoms with Crippen LogP contribution in [0.25, 0.3) is 0 Å². The van der Waals surface area contributed by atoms with E-state index in [-0.39, 0.29) is 5.91 Å². The van der Waals surface area contributed by atoms with E-state index >= 15 is 0 Å². The van der Waals surface area contributed by atoms with Gasteiger partial charge in [0.1, 0.15) is 0 Å². The first-order valence-electron chi connectivity index (χ1n) is 8.67. The van der Waals surface area contributed by atoms with Gasteiger partial charge in [-0.3, -0.25) is 4.79 Å². The van der Waals surface area contributed by atoms with Crippen LogP contribution >= 0.6 is 23.2 Å². The number of rotatable bonds is 4. The molecule has 1 saturated heterocycles. The number of anilines is 2. The zero-order valence-corrected chi connectivity index (χ0v) is 16.4. The number of nitrogens with zero attached hydrogens (tertiary/aromatic N) is 1. The van der Waals surface area contributed by atoms with Crippen LogP contribution in [0.2, 0.25) is 10.0 Å². The molecule has 3 rings (SSSR count). The highest BCUT2D eigenvalue weighted by Crippen LogP contribution is 2.34. The number of benzene rings is 2. The number of methoxy groups -OCH3 is 1. The number of piperidine rings is 1. The minimum absolute atomic E-state index is 0.268. The maximum absolute atomic E-state index is 12.5. The largest absolute Gasteiger partial charge is 0.494 e. The van der Waals surface area contributed by atoms with Gasteiger partial charge in [-0.2, -0.15) is 0 Å². The van der Waals surface area contributed by atoms with Gasteiger partial charge in [-0.25, -0.2) is 0 Å². The van der Waals surface area contributed by atoms with E-state index in [1.54, 1.807) is 12.1 Å². The van der Waals surface area contributed by atoms with Gasteiger partial charge in [0.2, 0.25) is 0 Å². The molecule has 0 aliphatic carbocycles. The van der Waals surface area contributed by atoms with Gasteiger partial charge in [0.05, 0.1) is 17.2 Å². The van der Waals surface area contributed by atoms with Crippen molar-refractivity contribution in [2.75, 3.05) is 30.4 Å². The fourth-order valence-electron chi connectivity index (χ4n) is 3.11. The van der Waals surface area contributed by atoms with Gasteiger partial charge < -0.3 is 15.0 Å². The number of hydrogen-bond acceptors (Lipinski definition) is 3.